The molecule has 2 saturated carbocycles. The molecule has 3 unspecified atom stereocenters. The summed E-state index contributed by atoms with van der Waals surface area (Å²) in [6.07, 6.45) is 20.0. The number of ether oxygens (including phenoxy) is 1. The standard InChI is InChI=1S/C13H20O.C12H16O2.C2H6/c1-2-3-6-10-9-13(14)12-8-5-4-7-11(10)12;1-2-3-8-11-9-6-4-5-7-10(9)12(13)14-11;1-2/h6,11-12H,2-5,7-9H2,1H3;7-9H,2-6H2,1H3;1-2H3/b10-6+;11-8-;. The van der Waals surface area contributed by atoms with Gasteiger partial charge in [-0.1, -0.05) is 71.1 Å². The maximum absolute atomic E-state index is 11.7. The van der Waals surface area contributed by atoms with Crippen LogP contribution in [0.3, 0.4) is 0 Å². The number of ketones is 1. The minimum Gasteiger partial charge on any atom is -0.427 e. The number of esters is 1. The summed E-state index contributed by atoms with van der Waals surface area (Å²) >= 11 is 0. The molecule has 168 valence electrons. The summed E-state index contributed by atoms with van der Waals surface area (Å²) in [6.45, 7) is 8.33. The molecule has 3 aliphatic carbocycles. The first-order chi connectivity index (χ1) is 14.7. The number of hydrogen-bond donors (Lipinski definition) is 0. The van der Waals surface area contributed by atoms with E-state index in [9.17, 15) is 9.59 Å². The van der Waals surface area contributed by atoms with Crippen LogP contribution in [-0.4, -0.2) is 11.8 Å². The first kappa shape index (κ1) is 24.6. The number of carbonyl (C=O) groups excluding carboxylic acids is 2. The number of Topliss-reactive ketones (excluding diaryl/α,β-unsaturated/α-hetero) is 1. The molecule has 3 atom stereocenters. The van der Waals surface area contributed by atoms with Crippen molar-refractivity contribution in [2.75, 3.05) is 0 Å². The van der Waals surface area contributed by atoms with Gasteiger partial charge < -0.3 is 4.74 Å². The molecule has 30 heavy (non-hydrogen) atoms. The third-order valence-electron chi connectivity index (χ3n) is 6.59. The molecule has 0 aromatic heterocycles. The van der Waals surface area contributed by atoms with Crippen molar-refractivity contribution in [3.63, 3.8) is 0 Å². The van der Waals surface area contributed by atoms with Crippen molar-refractivity contribution in [3.8, 4) is 0 Å². The molecule has 3 nitrogen and oxygen atoms in total. The van der Waals surface area contributed by atoms with Gasteiger partial charge in [0.15, 0.2) is 0 Å². The van der Waals surface area contributed by atoms with Crippen LogP contribution < -0.4 is 0 Å². The van der Waals surface area contributed by atoms with Crippen molar-refractivity contribution in [1.82, 2.24) is 0 Å². The lowest BCUT2D eigenvalue weighted by Gasteiger charge is -2.24. The second-order valence-corrected chi connectivity index (χ2v) is 8.64. The fraction of sp³-hybridized carbons (Fsp3) is 0.704. The van der Waals surface area contributed by atoms with Gasteiger partial charge in [-0.2, -0.15) is 0 Å². The van der Waals surface area contributed by atoms with Crippen LogP contribution in [0.4, 0.5) is 0 Å². The van der Waals surface area contributed by atoms with Gasteiger partial charge in [0.1, 0.15) is 11.5 Å². The fourth-order valence-electron chi connectivity index (χ4n) is 5.08. The zero-order valence-electron chi connectivity index (χ0n) is 19.7. The fourth-order valence-corrected chi connectivity index (χ4v) is 5.08. The molecule has 0 bridgehead atoms. The van der Waals surface area contributed by atoms with Crippen LogP contribution in [0.15, 0.2) is 35.1 Å². The van der Waals surface area contributed by atoms with Crippen LogP contribution in [0.2, 0.25) is 0 Å². The first-order valence-corrected chi connectivity index (χ1v) is 12.5. The normalized spacial score (nSPS) is 29.9. The molecule has 1 saturated heterocycles. The number of fused-ring (bicyclic) bond motifs is 2. The first-order valence-electron chi connectivity index (χ1n) is 12.5. The van der Waals surface area contributed by atoms with Gasteiger partial charge in [0, 0.05) is 23.8 Å². The highest BCUT2D eigenvalue weighted by Gasteiger charge is 2.39. The summed E-state index contributed by atoms with van der Waals surface area (Å²) in [6, 6.07) is 0. The van der Waals surface area contributed by atoms with Crippen molar-refractivity contribution >= 4 is 11.8 Å². The van der Waals surface area contributed by atoms with Crippen LogP contribution in [0.1, 0.15) is 105 Å². The number of rotatable bonds is 4. The Labute approximate surface area is 184 Å². The molecule has 0 amide bonds. The molecule has 0 radical (unpaired) electrons. The topological polar surface area (TPSA) is 43.4 Å². The lowest BCUT2D eigenvalue weighted by molar-refractivity contribution is -0.132. The van der Waals surface area contributed by atoms with Crippen LogP contribution in [-0.2, 0) is 14.3 Å². The van der Waals surface area contributed by atoms with Gasteiger partial charge in [-0.25, -0.2) is 4.79 Å². The summed E-state index contributed by atoms with van der Waals surface area (Å²) in [4.78, 5) is 23.2. The molecule has 1 aliphatic heterocycles. The van der Waals surface area contributed by atoms with Crippen LogP contribution in [0.25, 0.3) is 0 Å². The zero-order chi connectivity index (χ0) is 21.9. The van der Waals surface area contributed by atoms with E-state index in [2.05, 4.69) is 26.0 Å². The SMILES string of the molecule is CC.CCC/C=C1\CC(=O)C2CCCCC12.CCC/C=C1\OC(=O)C2=CCCCC21. The number of carbonyl (C=O) groups is 2. The van der Waals surface area contributed by atoms with Gasteiger partial charge in [-0.3, -0.25) is 4.79 Å². The van der Waals surface area contributed by atoms with Crippen molar-refractivity contribution in [1.29, 1.82) is 0 Å². The molecule has 3 heteroatoms. The third-order valence-corrected chi connectivity index (χ3v) is 6.59. The number of allylic oxidation sites excluding steroid dienone is 5. The molecule has 4 aliphatic rings. The predicted molar refractivity (Wildman–Crippen MR) is 124 cm³/mol. The average molecular weight is 415 g/mol. The van der Waals surface area contributed by atoms with Gasteiger partial charge in [-0.15, -0.1) is 0 Å². The molecule has 0 N–H and O–H groups in total. The van der Waals surface area contributed by atoms with Gasteiger partial charge in [0.05, 0.1) is 0 Å². The van der Waals surface area contributed by atoms with Crippen molar-refractivity contribution < 1.29 is 14.3 Å². The average Bonchev–Trinajstić information content (AvgIpc) is 3.29. The van der Waals surface area contributed by atoms with E-state index in [0.29, 0.717) is 17.6 Å². The minimum absolute atomic E-state index is 0.114. The summed E-state index contributed by atoms with van der Waals surface area (Å²) in [5, 5.41) is 0. The number of unbranched alkanes of at least 4 members (excludes halogenated alkanes) is 2. The molecule has 1 heterocycles. The highest BCUT2D eigenvalue weighted by molar-refractivity contribution is 5.93. The maximum atomic E-state index is 11.7. The Morgan fingerprint density at radius 3 is 2.30 bits per heavy atom. The van der Waals surface area contributed by atoms with Crippen LogP contribution in [0.5, 0.6) is 0 Å². The highest BCUT2D eigenvalue weighted by Crippen LogP contribution is 2.43. The van der Waals surface area contributed by atoms with E-state index in [4.69, 9.17) is 4.74 Å². The highest BCUT2D eigenvalue weighted by atomic mass is 16.5. The minimum atomic E-state index is -0.114. The lowest BCUT2D eigenvalue weighted by Crippen LogP contribution is -2.19. The molecular formula is C27H42O3. The predicted octanol–water partition coefficient (Wildman–Crippen LogP) is 7.47. The summed E-state index contributed by atoms with van der Waals surface area (Å²) in [5.41, 5.74) is 2.38. The van der Waals surface area contributed by atoms with Gasteiger partial charge in [0.25, 0.3) is 0 Å². The summed E-state index contributed by atoms with van der Waals surface area (Å²) in [5.74, 6) is 2.65. The Morgan fingerprint density at radius 1 is 0.933 bits per heavy atom. The Hall–Kier alpha value is -1.64. The smallest absolute Gasteiger partial charge is 0.339 e. The number of cyclic esters (lactones) is 1. The zero-order valence-corrected chi connectivity index (χ0v) is 19.7. The monoisotopic (exact) mass is 414 g/mol. The summed E-state index contributed by atoms with van der Waals surface area (Å²) < 4.78 is 5.26. The number of hydrogen-bond acceptors (Lipinski definition) is 3. The second kappa shape index (κ2) is 12.9. The third kappa shape index (κ3) is 6.18. The second-order valence-electron chi connectivity index (χ2n) is 8.64. The molecule has 4 rings (SSSR count). The van der Waals surface area contributed by atoms with E-state index in [-0.39, 0.29) is 11.9 Å². The Balaban J connectivity index is 0.000000197. The van der Waals surface area contributed by atoms with Crippen molar-refractivity contribution in [3.05, 3.63) is 35.1 Å². The molecule has 0 spiro atoms. The Kier molecular flexibility index (Phi) is 10.6. The largest absolute Gasteiger partial charge is 0.427 e. The molecule has 0 aromatic carbocycles. The van der Waals surface area contributed by atoms with E-state index in [1.165, 1.54) is 37.7 Å². The summed E-state index contributed by atoms with van der Waals surface area (Å²) in [7, 11) is 0. The van der Waals surface area contributed by atoms with Crippen molar-refractivity contribution in [2.45, 2.75) is 105 Å². The molecule has 3 fully saturated rings. The van der Waals surface area contributed by atoms with Gasteiger partial charge in [0.2, 0.25) is 0 Å². The Bertz CT molecular complexity index is 668. The van der Waals surface area contributed by atoms with E-state index < -0.39 is 0 Å². The molecular weight excluding hydrogens is 372 g/mol. The van der Waals surface area contributed by atoms with Crippen LogP contribution in [0, 0.1) is 17.8 Å². The van der Waals surface area contributed by atoms with Crippen LogP contribution >= 0.6 is 0 Å². The maximum Gasteiger partial charge on any atom is 0.339 e. The van der Waals surface area contributed by atoms with Gasteiger partial charge in [-0.05, 0) is 56.9 Å². The lowest BCUT2D eigenvalue weighted by atomic mass is 9.80. The van der Waals surface area contributed by atoms with Gasteiger partial charge >= 0.3 is 5.97 Å². The van der Waals surface area contributed by atoms with E-state index in [1.54, 1.807) is 0 Å². The van der Waals surface area contributed by atoms with E-state index in [0.717, 1.165) is 56.3 Å². The van der Waals surface area contributed by atoms with E-state index >= 15 is 0 Å². The quantitative estimate of drug-likeness (QED) is 0.354. The van der Waals surface area contributed by atoms with E-state index in [1.807, 2.05) is 19.9 Å². The molecule has 0 aromatic rings. The Morgan fingerprint density at radius 2 is 1.60 bits per heavy atom. The van der Waals surface area contributed by atoms with Crippen molar-refractivity contribution in [2.24, 2.45) is 17.8 Å².